The van der Waals surface area contributed by atoms with Crippen LogP contribution in [0.3, 0.4) is 0 Å². The lowest BCUT2D eigenvalue weighted by Crippen LogP contribution is -2.32. The Morgan fingerprint density at radius 2 is 1.84 bits per heavy atom. The molecule has 2 N–H and O–H groups in total. The third kappa shape index (κ3) is 3.36. The summed E-state index contributed by atoms with van der Waals surface area (Å²) in [6.45, 7) is 2.09. The average Bonchev–Trinajstić information content (AvgIpc) is 3.17. The molecule has 0 amide bonds. The van der Waals surface area contributed by atoms with Gasteiger partial charge in [0.25, 0.3) is 0 Å². The molecular formula is C21H20N2OS. The topological polar surface area (TPSA) is 44.6 Å². The Kier molecular flexibility index (Phi) is 4.38. The highest BCUT2D eigenvalue weighted by atomic mass is 32.1. The Morgan fingerprint density at radius 1 is 1.04 bits per heavy atom. The van der Waals surface area contributed by atoms with E-state index in [1.807, 2.05) is 24.3 Å². The fraction of sp³-hybridized carbons (Fsp3) is 0.190. The van der Waals surface area contributed by atoms with Crippen molar-refractivity contribution in [1.82, 2.24) is 5.32 Å². The van der Waals surface area contributed by atoms with Crippen LogP contribution in [0.2, 0.25) is 0 Å². The molecular weight excluding hydrogens is 328 g/mol. The number of phenols is 1. The van der Waals surface area contributed by atoms with Crippen molar-refractivity contribution in [3.63, 3.8) is 0 Å². The van der Waals surface area contributed by atoms with Crippen LogP contribution in [-0.2, 0) is 0 Å². The lowest BCUT2D eigenvalue weighted by molar-refractivity contribution is 0.415. The van der Waals surface area contributed by atoms with Crippen LogP contribution in [0.4, 0.5) is 0 Å². The van der Waals surface area contributed by atoms with Crippen molar-refractivity contribution < 1.29 is 5.11 Å². The summed E-state index contributed by atoms with van der Waals surface area (Å²) < 4.78 is 0. The minimum absolute atomic E-state index is 0.0297. The van der Waals surface area contributed by atoms with Crippen LogP contribution in [-0.4, -0.2) is 10.8 Å². The zero-order chi connectivity index (χ0) is 17.2. The van der Waals surface area contributed by atoms with Crippen LogP contribution in [0.1, 0.15) is 40.2 Å². The smallest absolute Gasteiger partial charge is 0.135 e. The number of aliphatic imine (C=N–C) groups is 1. The Hall–Kier alpha value is -2.43. The first-order valence-electron chi connectivity index (χ1n) is 8.42. The molecule has 0 saturated heterocycles. The van der Waals surface area contributed by atoms with Crippen LogP contribution < -0.4 is 5.32 Å². The third-order valence-corrected chi connectivity index (χ3v) is 5.48. The molecule has 0 aliphatic carbocycles. The van der Waals surface area contributed by atoms with Gasteiger partial charge >= 0.3 is 0 Å². The van der Waals surface area contributed by atoms with Crippen molar-refractivity contribution in [3.8, 4) is 5.75 Å². The van der Waals surface area contributed by atoms with Gasteiger partial charge in [-0.25, -0.2) is 0 Å². The molecule has 126 valence electrons. The maximum absolute atomic E-state index is 10.3. The zero-order valence-electron chi connectivity index (χ0n) is 14.0. The van der Waals surface area contributed by atoms with Gasteiger partial charge in [0.2, 0.25) is 0 Å². The normalized spacial score (nSPS) is 20.3. The molecule has 3 aromatic rings. The molecule has 1 aromatic heterocycles. The third-order valence-electron chi connectivity index (χ3n) is 4.55. The maximum atomic E-state index is 10.3. The van der Waals surface area contributed by atoms with Crippen molar-refractivity contribution in [1.29, 1.82) is 0 Å². The number of aromatic hydroxyl groups is 1. The van der Waals surface area contributed by atoms with E-state index in [0.717, 1.165) is 23.3 Å². The van der Waals surface area contributed by atoms with Gasteiger partial charge in [-0.2, -0.15) is 0 Å². The molecule has 2 atom stereocenters. The average molecular weight is 348 g/mol. The van der Waals surface area contributed by atoms with Gasteiger partial charge in [0.1, 0.15) is 11.9 Å². The van der Waals surface area contributed by atoms with Crippen LogP contribution in [0.15, 0.2) is 71.0 Å². The number of aryl methyl sites for hydroxylation is 1. The minimum atomic E-state index is -0.0883. The second-order valence-electron chi connectivity index (χ2n) is 6.34. The number of hydrogen-bond donors (Lipinski definition) is 2. The summed E-state index contributed by atoms with van der Waals surface area (Å²) >= 11 is 1.70. The Bertz CT molecular complexity index is 885. The fourth-order valence-electron chi connectivity index (χ4n) is 3.20. The second kappa shape index (κ2) is 6.82. The van der Waals surface area contributed by atoms with Gasteiger partial charge < -0.3 is 5.11 Å². The van der Waals surface area contributed by atoms with E-state index in [2.05, 4.69) is 48.0 Å². The first kappa shape index (κ1) is 16.1. The highest BCUT2D eigenvalue weighted by Gasteiger charge is 2.27. The van der Waals surface area contributed by atoms with E-state index < -0.39 is 0 Å². The highest BCUT2D eigenvalue weighted by molar-refractivity contribution is 7.10. The van der Waals surface area contributed by atoms with Gasteiger partial charge in [0, 0.05) is 28.6 Å². The molecule has 0 fully saturated rings. The van der Waals surface area contributed by atoms with Gasteiger partial charge in [-0.05, 0) is 30.0 Å². The molecule has 4 rings (SSSR count). The van der Waals surface area contributed by atoms with E-state index in [1.54, 1.807) is 17.4 Å². The van der Waals surface area contributed by atoms with Crippen LogP contribution >= 0.6 is 11.3 Å². The summed E-state index contributed by atoms with van der Waals surface area (Å²) in [6, 6.07) is 20.2. The monoisotopic (exact) mass is 348 g/mol. The van der Waals surface area contributed by atoms with E-state index >= 15 is 0 Å². The van der Waals surface area contributed by atoms with Crippen LogP contribution in [0.5, 0.6) is 5.75 Å². The maximum Gasteiger partial charge on any atom is 0.135 e. The van der Waals surface area contributed by atoms with Gasteiger partial charge in [-0.1, -0.05) is 54.1 Å². The van der Waals surface area contributed by atoms with E-state index in [-0.39, 0.29) is 12.2 Å². The van der Waals surface area contributed by atoms with E-state index in [0.29, 0.717) is 5.75 Å². The molecule has 25 heavy (non-hydrogen) atoms. The first-order chi connectivity index (χ1) is 12.2. The van der Waals surface area contributed by atoms with Gasteiger partial charge in [0.05, 0.1) is 0 Å². The summed E-state index contributed by atoms with van der Waals surface area (Å²) in [5, 5.41) is 16.0. The SMILES string of the molecule is Cc1ccc(C2=N[C@@H](c3cccs3)N[C@@H](c3ccccc3O)C2)cc1. The Balaban J connectivity index is 1.74. The van der Waals surface area contributed by atoms with Crippen molar-refractivity contribution >= 4 is 17.0 Å². The number of nitrogens with zero attached hydrogens (tertiary/aromatic N) is 1. The summed E-state index contributed by atoms with van der Waals surface area (Å²) in [4.78, 5) is 6.15. The summed E-state index contributed by atoms with van der Waals surface area (Å²) in [6.07, 6.45) is 0.664. The van der Waals surface area contributed by atoms with Crippen molar-refractivity contribution in [2.75, 3.05) is 0 Å². The molecule has 1 aliphatic rings. The van der Waals surface area contributed by atoms with Gasteiger partial charge in [0.15, 0.2) is 0 Å². The molecule has 0 saturated carbocycles. The molecule has 3 nitrogen and oxygen atoms in total. The molecule has 0 spiro atoms. The Labute approximate surface area is 151 Å². The van der Waals surface area contributed by atoms with E-state index in [1.165, 1.54) is 10.4 Å². The largest absolute Gasteiger partial charge is 0.508 e. The molecule has 2 aromatic carbocycles. The number of rotatable bonds is 3. The number of nitrogens with one attached hydrogen (secondary N) is 1. The summed E-state index contributed by atoms with van der Waals surface area (Å²) in [5.41, 5.74) is 4.38. The number of phenolic OH excluding ortho intramolecular Hbond substituents is 1. The van der Waals surface area contributed by atoms with E-state index in [4.69, 9.17) is 4.99 Å². The van der Waals surface area contributed by atoms with Gasteiger partial charge in [-0.3, -0.25) is 10.3 Å². The summed E-state index contributed by atoms with van der Waals surface area (Å²) in [5.74, 6) is 0.329. The standard InChI is InChI=1S/C21H20N2OS/c1-14-8-10-15(11-9-14)17-13-18(16-5-2-3-6-19(16)24)23-21(22-17)20-7-4-12-25-20/h2-12,18,21,23-24H,13H2,1H3/t18-,21-/m1/s1. The van der Waals surface area contributed by atoms with Crippen molar-refractivity contribution in [2.45, 2.75) is 25.6 Å². The highest BCUT2D eigenvalue weighted by Crippen LogP contribution is 2.35. The number of thiophene rings is 1. The lowest BCUT2D eigenvalue weighted by atomic mass is 9.94. The van der Waals surface area contributed by atoms with E-state index in [9.17, 15) is 5.11 Å². The van der Waals surface area contributed by atoms with Crippen molar-refractivity contribution in [2.24, 2.45) is 4.99 Å². The second-order valence-corrected chi connectivity index (χ2v) is 7.32. The number of para-hydroxylation sites is 1. The molecule has 0 bridgehead atoms. The minimum Gasteiger partial charge on any atom is -0.508 e. The number of hydrogen-bond acceptors (Lipinski definition) is 4. The Morgan fingerprint density at radius 3 is 2.56 bits per heavy atom. The molecule has 4 heteroatoms. The molecule has 2 heterocycles. The first-order valence-corrected chi connectivity index (χ1v) is 9.30. The quantitative estimate of drug-likeness (QED) is 0.701. The molecule has 0 radical (unpaired) electrons. The fourth-order valence-corrected chi connectivity index (χ4v) is 3.92. The summed E-state index contributed by atoms with van der Waals surface area (Å²) in [7, 11) is 0. The molecule has 1 aliphatic heterocycles. The van der Waals surface area contributed by atoms with Crippen molar-refractivity contribution in [3.05, 3.63) is 87.6 Å². The predicted octanol–water partition coefficient (Wildman–Crippen LogP) is 4.98. The van der Waals surface area contributed by atoms with Crippen LogP contribution in [0, 0.1) is 6.92 Å². The zero-order valence-corrected chi connectivity index (χ0v) is 14.8. The molecule has 0 unspecified atom stereocenters. The van der Waals surface area contributed by atoms with Crippen LogP contribution in [0.25, 0.3) is 0 Å². The number of benzene rings is 2. The van der Waals surface area contributed by atoms with Gasteiger partial charge in [-0.15, -0.1) is 11.3 Å². The predicted molar refractivity (Wildman–Crippen MR) is 103 cm³/mol. The lowest BCUT2D eigenvalue weighted by Gasteiger charge is -2.30.